The Bertz CT molecular complexity index is 1100. The van der Waals surface area contributed by atoms with E-state index in [1.165, 1.54) is 55.2 Å². The highest BCUT2D eigenvalue weighted by Gasteiger charge is 2.45. The Morgan fingerprint density at radius 1 is 1.02 bits per heavy atom. The number of unbranched alkanes of at least 4 members (excludes halogenated alkanes) is 8. The number of amidine groups is 1. The molecule has 1 spiro atoms. The number of aliphatic imine (C=N–C) groups is 1. The van der Waals surface area contributed by atoms with E-state index in [0.717, 1.165) is 63.1 Å². The first kappa shape index (κ1) is 35.0. The van der Waals surface area contributed by atoms with Gasteiger partial charge in [-0.2, -0.15) is 0 Å². The Morgan fingerprint density at radius 2 is 1.60 bits per heavy atom. The van der Waals surface area contributed by atoms with E-state index < -0.39 is 11.1 Å². The molecule has 43 heavy (non-hydrogen) atoms. The molecule has 1 fully saturated rings. The molecule has 1 saturated heterocycles. The third kappa shape index (κ3) is 11.8. The van der Waals surface area contributed by atoms with Crippen LogP contribution in [0.15, 0.2) is 22.5 Å². The molecule has 0 atom stereocenters. The average Bonchev–Trinajstić information content (AvgIpc) is 3.24. The number of amides is 2. The van der Waals surface area contributed by atoms with E-state index >= 15 is 0 Å². The van der Waals surface area contributed by atoms with Crippen molar-refractivity contribution in [2.75, 3.05) is 32.0 Å². The van der Waals surface area contributed by atoms with Crippen molar-refractivity contribution in [2.24, 2.45) is 4.99 Å². The van der Waals surface area contributed by atoms with Crippen molar-refractivity contribution in [2.45, 2.75) is 123 Å². The molecule has 2 heterocycles. The highest BCUT2D eigenvalue weighted by molar-refractivity contribution is 8.00. The second-order valence-electron chi connectivity index (χ2n) is 13.0. The zero-order chi connectivity index (χ0) is 31.3. The molecule has 8 nitrogen and oxygen atoms in total. The third-order valence-corrected chi connectivity index (χ3v) is 9.09. The highest BCUT2D eigenvalue weighted by Crippen LogP contribution is 2.33. The van der Waals surface area contributed by atoms with Gasteiger partial charge in [-0.15, -0.1) is 0 Å². The number of hydrogen-bond donors (Lipinski definition) is 3. The van der Waals surface area contributed by atoms with E-state index in [9.17, 15) is 9.59 Å². The van der Waals surface area contributed by atoms with Crippen molar-refractivity contribution in [3.63, 3.8) is 0 Å². The predicted octanol–water partition coefficient (Wildman–Crippen LogP) is 7.75. The van der Waals surface area contributed by atoms with Crippen LogP contribution in [0, 0.1) is 13.8 Å². The first-order valence-electron chi connectivity index (χ1n) is 16.3. The average molecular weight is 614 g/mol. The summed E-state index contributed by atoms with van der Waals surface area (Å²) in [5.74, 6) is 0.988. The molecule has 0 bridgehead atoms. The molecule has 2 aliphatic heterocycles. The van der Waals surface area contributed by atoms with Gasteiger partial charge in [0.1, 0.15) is 17.0 Å². The maximum Gasteiger partial charge on any atom is 0.407 e. The molecule has 3 N–H and O–H groups in total. The first-order chi connectivity index (χ1) is 20.5. The summed E-state index contributed by atoms with van der Waals surface area (Å²) < 4.78 is 7.59. The maximum absolute atomic E-state index is 12.9. The second kappa shape index (κ2) is 17.1. The summed E-state index contributed by atoms with van der Waals surface area (Å²) >= 11 is 1.73. The normalized spacial score (nSPS) is 16.9. The van der Waals surface area contributed by atoms with Crippen molar-refractivity contribution in [1.82, 2.24) is 14.9 Å². The van der Waals surface area contributed by atoms with Crippen LogP contribution >= 0.6 is 11.9 Å². The number of ether oxygens (including phenoxy) is 1. The Labute approximate surface area is 264 Å². The fourth-order valence-electron chi connectivity index (χ4n) is 5.73. The van der Waals surface area contributed by atoms with Crippen LogP contribution in [0.25, 0.3) is 6.08 Å². The van der Waals surface area contributed by atoms with Crippen LogP contribution < -0.4 is 16.0 Å². The summed E-state index contributed by atoms with van der Waals surface area (Å²) in [6.45, 7) is 12.3. The summed E-state index contributed by atoms with van der Waals surface area (Å²) in [6, 6.07) is 4.35. The lowest BCUT2D eigenvalue weighted by Gasteiger charge is -2.34. The number of carbonyl (C=O) groups excluding carboxylic acids is 2. The summed E-state index contributed by atoms with van der Waals surface area (Å²) in [6.07, 6.45) is 14.8. The molecule has 0 radical (unpaired) electrons. The lowest BCUT2D eigenvalue weighted by atomic mass is 9.89. The maximum atomic E-state index is 12.9. The molecule has 9 heteroatoms. The van der Waals surface area contributed by atoms with Crippen molar-refractivity contribution in [3.8, 4) is 0 Å². The smallest absolute Gasteiger partial charge is 0.407 e. The zero-order valence-corrected chi connectivity index (χ0v) is 28.3. The van der Waals surface area contributed by atoms with Gasteiger partial charge in [0.25, 0.3) is 5.91 Å². The van der Waals surface area contributed by atoms with Gasteiger partial charge < -0.3 is 20.7 Å². The number of benzene rings is 1. The Hall–Kier alpha value is -2.52. The number of carbonyl (C=O) groups is 2. The lowest BCUT2D eigenvalue weighted by molar-refractivity contribution is -0.124. The van der Waals surface area contributed by atoms with Crippen molar-refractivity contribution < 1.29 is 14.3 Å². The number of alkyl carbamates (subject to hydrolysis) is 1. The number of nitrogens with one attached hydrogen (secondary N) is 3. The molecule has 2 aliphatic rings. The molecule has 0 aromatic heterocycles. The summed E-state index contributed by atoms with van der Waals surface area (Å²) in [5, 5.41) is 11.3. The van der Waals surface area contributed by atoms with E-state index in [-0.39, 0.29) is 12.0 Å². The summed E-state index contributed by atoms with van der Waals surface area (Å²) in [7, 11) is 1.95. The van der Waals surface area contributed by atoms with E-state index in [1.54, 1.807) is 11.9 Å². The van der Waals surface area contributed by atoms with Gasteiger partial charge in [-0.25, -0.2) is 9.10 Å². The summed E-state index contributed by atoms with van der Waals surface area (Å²) in [4.78, 5) is 29.5. The van der Waals surface area contributed by atoms with Gasteiger partial charge in [-0.3, -0.25) is 9.79 Å². The van der Waals surface area contributed by atoms with Crippen LogP contribution in [0.3, 0.4) is 0 Å². The number of aryl methyl sites for hydroxylation is 2. The topological polar surface area (TPSA) is 95.1 Å². The molecule has 0 aliphatic carbocycles. The molecule has 0 saturated carbocycles. The minimum Gasteiger partial charge on any atom is -0.444 e. The van der Waals surface area contributed by atoms with Gasteiger partial charge in [0.05, 0.1) is 0 Å². The zero-order valence-electron chi connectivity index (χ0n) is 27.4. The highest BCUT2D eigenvalue weighted by atomic mass is 32.2. The number of rotatable bonds is 16. The van der Waals surface area contributed by atoms with Gasteiger partial charge in [-0.05, 0) is 101 Å². The van der Waals surface area contributed by atoms with E-state index in [1.807, 2.05) is 27.8 Å². The fraction of sp³-hybridized carbons (Fsp3) is 0.676. The quantitative estimate of drug-likeness (QED) is 0.130. The van der Waals surface area contributed by atoms with Crippen LogP contribution in [0.2, 0.25) is 0 Å². The Balaban J connectivity index is 1.24. The molecular weight excluding hydrogens is 558 g/mol. The van der Waals surface area contributed by atoms with Crippen LogP contribution in [0.4, 0.5) is 10.5 Å². The van der Waals surface area contributed by atoms with Gasteiger partial charge in [0, 0.05) is 38.8 Å². The minimum absolute atomic E-state index is 0.0971. The Morgan fingerprint density at radius 3 is 2.19 bits per heavy atom. The number of piperidine rings is 1. The van der Waals surface area contributed by atoms with Crippen molar-refractivity contribution in [3.05, 3.63) is 34.2 Å². The van der Waals surface area contributed by atoms with Crippen molar-refractivity contribution >= 4 is 41.5 Å². The SMILES string of the molecule is CNc1cc(C)c(/C=C/SN2CCC3(CC2)N=C(CCCCCCCCCCCNC(=O)OC(C)(C)C)NC3=O)c(C)c1. The number of anilines is 1. The largest absolute Gasteiger partial charge is 0.444 e. The van der Waals surface area contributed by atoms with Gasteiger partial charge >= 0.3 is 6.09 Å². The Kier molecular flexibility index (Phi) is 13.9. The van der Waals surface area contributed by atoms with Crippen LogP contribution in [-0.2, 0) is 9.53 Å². The van der Waals surface area contributed by atoms with Crippen LogP contribution in [0.1, 0.15) is 115 Å². The van der Waals surface area contributed by atoms with E-state index in [0.29, 0.717) is 6.54 Å². The first-order valence-corrected chi connectivity index (χ1v) is 17.1. The summed E-state index contributed by atoms with van der Waals surface area (Å²) in [5.41, 5.74) is 3.94. The number of nitrogens with zero attached hydrogens (tertiary/aromatic N) is 2. The van der Waals surface area contributed by atoms with Crippen LogP contribution in [-0.4, -0.2) is 60.0 Å². The second-order valence-corrected chi connectivity index (χ2v) is 14.0. The molecule has 240 valence electrons. The van der Waals surface area contributed by atoms with E-state index in [4.69, 9.17) is 9.73 Å². The van der Waals surface area contributed by atoms with Gasteiger partial charge in [-0.1, -0.05) is 56.9 Å². The molecule has 2 amide bonds. The lowest BCUT2D eigenvalue weighted by Crippen LogP contribution is -2.47. The van der Waals surface area contributed by atoms with Gasteiger partial charge in [0.15, 0.2) is 0 Å². The predicted molar refractivity (Wildman–Crippen MR) is 182 cm³/mol. The van der Waals surface area contributed by atoms with Gasteiger partial charge in [0.2, 0.25) is 0 Å². The minimum atomic E-state index is -0.561. The molecule has 0 unspecified atom stereocenters. The fourth-order valence-corrected chi connectivity index (χ4v) is 6.49. The molecule has 1 aromatic carbocycles. The molecule has 1 aromatic rings. The molecule has 3 rings (SSSR count). The monoisotopic (exact) mass is 613 g/mol. The van der Waals surface area contributed by atoms with Crippen molar-refractivity contribution in [1.29, 1.82) is 0 Å². The van der Waals surface area contributed by atoms with Crippen LogP contribution in [0.5, 0.6) is 0 Å². The van der Waals surface area contributed by atoms with E-state index in [2.05, 4.69) is 57.7 Å². The molecular formula is C34H55N5O3S. The number of hydrogen-bond acceptors (Lipinski definition) is 7. The standard InChI is InChI=1S/C34H55N5O3S/c1-26-24-28(35-6)25-27(2)29(26)17-23-43-39-21-18-34(19-22-39)31(40)37-30(38-34)16-14-12-10-8-7-9-11-13-15-20-36-32(41)42-33(3,4)5/h17,23-25,35H,7-16,18-22H2,1-6H3,(H,36,41)(H,37,38,40)/b23-17+. The third-order valence-electron chi connectivity index (χ3n) is 8.16.